The predicted octanol–water partition coefficient (Wildman–Crippen LogP) is 3.85. The number of hydrogen-bond donors (Lipinski definition) is 1. The van der Waals surface area contributed by atoms with E-state index in [9.17, 15) is 0 Å². The third-order valence-electron chi connectivity index (χ3n) is 4.19. The lowest BCUT2D eigenvalue weighted by Gasteiger charge is -2.31. The molecule has 1 aromatic carbocycles. The topological polar surface area (TPSA) is 29.3 Å². The molecule has 0 spiro atoms. The van der Waals surface area contributed by atoms with Crippen molar-refractivity contribution in [2.45, 2.75) is 45.4 Å². The van der Waals surface area contributed by atoms with Gasteiger partial charge in [-0.25, -0.2) is 0 Å². The Morgan fingerprint density at radius 1 is 1.15 bits per heavy atom. The maximum atomic E-state index is 6.44. The highest BCUT2D eigenvalue weighted by Gasteiger charge is 2.31. The lowest BCUT2D eigenvalue weighted by Crippen LogP contribution is -2.37. The van der Waals surface area contributed by atoms with Gasteiger partial charge in [0.05, 0.1) is 6.04 Å². The molecule has 0 saturated carbocycles. The van der Waals surface area contributed by atoms with Crippen LogP contribution in [0, 0.1) is 6.92 Å². The number of benzene rings is 1. The third-order valence-corrected chi connectivity index (χ3v) is 5.26. The van der Waals surface area contributed by atoms with Crippen molar-refractivity contribution in [1.82, 2.24) is 4.90 Å². The molecule has 0 bridgehead atoms. The van der Waals surface area contributed by atoms with E-state index in [1.165, 1.54) is 20.9 Å². The molecule has 2 aromatic rings. The third kappa shape index (κ3) is 2.53. The standard InChI is InChI=1S/C17H22N2S/c1-3-15(18)17(16-9-8-12(2)20-16)19-10-13-6-4-5-7-14(13)11-19/h4-9,15,17H,3,10-11,18H2,1-2H3. The molecule has 2 nitrogen and oxygen atoms in total. The van der Waals surface area contributed by atoms with E-state index in [-0.39, 0.29) is 6.04 Å². The van der Waals surface area contributed by atoms with E-state index in [0.717, 1.165) is 19.5 Å². The van der Waals surface area contributed by atoms with E-state index in [4.69, 9.17) is 5.73 Å². The lowest BCUT2D eigenvalue weighted by atomic mass is 10.0. The van der Waals surface area contributed by atoms with E-state index in [1.807, 2.05) is 11.3 Å². The van der Waals surface area contributed by atoms with Crippen LogP contribution >= 0.6 is 11.3 Å². The Balaban J connectivity index is 1.88. The van der Waals surface area contributed by atoms with Crippen molar-refractivity contribution >= 4 is 11.3 Å². The number of nitrogens with zero attached hydrogens (tertiary/aromatic N) is 1. The van der Waals surface area contributed by atoms with Crippen LogP contribution in [0.3, 0.4) is 0 Å². The van der Waals surface area contributed by atoms with Crippen LogP contribution in [0.2, 0.25) is 0 Å². The molecule has 0 amide bonds. The Kier molecular flexibility index (Phi) is 3.92. The summed E-state index contributed by atoms with van der Waals surface area (Å²) in [5.74, 6) is 0. The molecule has 0 fully saturated rings. The van der Waals surface area contributed by atoms with Crippen molar-refractivity contribution in [1.29, 1.82) is 0 Å². The van der Waals surface area contributed by atoms with E-state index < -0.39 is 0 Å². The quantitative estimate of drug-likeness (QED) is 0.925. The van der Waals surface area contributed by atoms with Crippen molar-refractivity contribution in [3.63, 3.8) is 0 Å². The van der Waals surface area contributed by atoms with Gasteiger partial charge in [-0.05, 0) is 36.6 Å². The molecular weight excluding hydrogens is 264 g/mol. The minimum absolute atomic E-state index is 0.197. The maximum Gasteiger partial charge on any atom is 0.0599 e. The summed E-state index contributed by atoms with van der Waals surface area (Å²) in [6.45, 7) is 6.39. The molecule has 20 heavy (non-hydrogen) atoms. The Morgan fingerprint density at radius 3 is 2.30 bits per heavy atom. The zero-order chi connectivity index (χ0) is 14.1. The first-order valence-corrected chi connectivity index (χ1v) is 8.13. The van der Waals surface area contributed by atoms with Crippen LogP contribution in [-0.4, -0.2) is 10.9 Å². The molecule has 0 saturated heterocycles. The zero-order valence-corrected chi connectivity index (χ0v) is 13.0. The maximum absolute atomic E-state index is 6.44. The molecule has 3 heteroatoms. The fourth-order valence-corrected chi connectivity index (χ4v) is 4.14. The summed E-state index contributed by atoms with van der Waals surface area (Å²) >= 11 is 1.88. The molecule has 1 aromatic heterocycles. The van der Waals surface area contributed by atoms with Crippen molar-refractivity contribution < 1.29 is 0 Å². The normalized spacial score (nSPS) is 17.9. The van der Waals surface area contributed by atoms with Crippen LogP contribution < -0.4 is 5.73 Å². The lowest BCUT2D eigenvalue weighted by molar-refractivity contribution is 0.173. The van der Waals surface area contributed by atoms with E-state index in [1.54, 1.807) is 0 Å². The van der Waals surface area contributed by atoms with Gasteiger partial charge < -0.3 is 5.73 Å². The molecule has 2 heterocycles. The van der Waals surface area contributed by atoms with Crippen molar-refractivity contribution in [3.05, 3.63) is 57.3 Å². The number of thiophene rings is 1. The molecule has 1 aliphatic rings. The van der Waals surface area contributed by atoms with Gasteiger partial charge in [-0.15, -0.1) is 11.3 Å². The van der Waals surface area contributed by atoms with E-state index in [0.29, 0.717) is 6.04 Å². The van der Waals surface area contributed by atoms with E-state index in [2.05, 4.69) is 55.1 Å². The van der Waals surface area contributed by atoms with Gasteiger partial charge in [-0.2, -0.15) is 0 Å². The van der Waals surface area contributed by atoms with Gasteiger partial charge in [-0.3, -0.25) is 4.90 Å². The van der Waals surface area contributed by atoms with E-state index >= 15 is 0 Å². The molecule has 3 rings (SSSR count). The van der Waals surface area contributed by atoms with Gasteiger partial charge in [0.15, 0.2) is 0 Å². The summed E-state index contributed by atoms with van der Waals surface area (Å²) in [5.41, 5.74) is 9.34. The number of rotatable bonds is 4. The first-order valence-electron chi connectivity index (χ1n) is 7.31. The Bertz CT molecular complexity index is 565. The van der Waals surface area contributed by atoms with Gasteiger partial charge in [0.2, 0.25) is 0 Å². The second kappa shape index (κ2) is 5.68. The molecule has 2 unspecified atom stereocenters. The fraction of sp³-hybridized carbons (Fsp3) is 0.412. The highest BCUT2D eigenvalue weighted by Crippen LogP contribution is 2.36. The van der Waals surface area contributed by atoms with Gasteiger partial charge in [0.25, 0.3) is 0 Å². The fourth-order valence-electron chi connectivity index (χ4n) is 3.05. The second-order valence-electron chi connectivity index (χ2n) is 5.64. The zero-order valence-electron chi connectivity index (χ0n) is 12.2. The van der Waals surface area contributed by atoms with Crippen LogP contribution in [0.15, 0.2) is 36.4 Å². The first-order chi connectivity index (χ1) is 9.69. The second-order valence-corrected chi connectivity index (χ2v) is 6.96. The predicted molar refractivity (Wildman–Crippen MR) is 85.8 cm³/mol. The van der Waals surface area contributed by atoms with Crippen LogP contribution in [-0.2, 0) is 13.1 Å². The molecule has 0 aliphatic carbocycles. The minimum Gasteiger partial charge on any atom is -0.326 e. The first kappa shape index (κ1) is 13.8. The number of aryl methyl sites for hydroxylation is 1. The molecule has 1 aliphatic heterocycles. The SMILES string of the molecule is CCC(N)C(c1ccc(C)s1)N1Cc2ccccc2C1. The Morgan fingerprint density at radius 2 is 1.80 bits per heavy atom. The summed E-state index contributed by atoms with van der Waals surface area (Å²) in [6, 6.07) is 13.7. The molecule has 2 atom stereocenters. The van der Waals surface area contributed by atoms with Gasteiger partial charge in [0, 0.05) is 28.9 Å². The highest BCUT2D eigenvalue weighted by molar-refractivity contribution is 7.12. The Labute approximate surface area is 125 Å². The number of hydrogen-bond acceptors (Lipinski definition) is 3. The van der Waals surface area contributed by atoms with Gasteiger partial charge in [0.1, 0.15) is 0 Å². The van der Waals surface area contributed by atoms with Crippen molar-refractivity contribution in [2.75, 3.05) is 0 Å². The van der Waals surface area contributed by atoms with Gasteiger partial charge >= 0.3 is 0 Å². The smallest absolute Gasteiger partial charge is 0.0599 e. The summed E-state index contributed by atoms with van der Waals surface area (Å²) in [7, 11) is 0. The van der Waals surface area contributed by atoms with Crippen LogP contribution in [0.5, 0.6) is 0 Å². The number of nitrogens with two attached hydrogens (primary N) is 1. The highest BCUT2D eigenvalue weighted by atomic mass is 32.1. The monoisotopic (exact) mass is 286 g/mol. The van der Waals surface area contributed by atoms with Crippen molar-refractivity contribution in [2.24, 2.45) is 5.73 Å². The molecule has 2 N–H and O–H groups in total. The number of fused-ring (bicyclic) bond motifs is 1. The average molecular weight is 286 g/mol. The van der Waals surface area contributed by atoms with Crippen LogP contribution in [0.25, 0.3) is 0 Å². The van der Waals surface area contributed by atoms with Gasteiger partial charge in [-0.1, -0.05) is 31.2 Å². The van der Waals surface area contributed by atoms with Crippen LogP contribution in [0.1, 0.15) is 40.3 Å². The average Bonchev–Trinajstić information content (AvgIpc) is 3.05. The van der Waals surface area contributed by atoms with Crippen LogP contribution in [0.4, 0.5) is 0 Å². The summed E-state index contributed by atoms with van der Waals surface area (Å²) in [4.78, 5) is 5.30. The molecular formula is C17H22N2S. The largest absolute Gasteiger partial charge is 0.326 e. The Hall–Kier alpha value is -1.16. The summed E-state index contributed by atoms with van der Waals surface area (Å²) < 4.78 is 0. The minimum atomic E-state index is 0.197. The molecule has 0 radical (unpaired) electrons. The summed E-state index contributed by atoms with van der Waals surface area (Å²) in [5, 5.41) is 0. The molecule has 106 valence electrons. The van der Waals surface area contributed by atoms with Crippen molar-refractivity contribution in [3.8, 4) is 0 Å². The summed E-state index contributed by atoms with van der Waals surface area (Å²) in [6.07, 6.45) is 1.01.